The molecule has 0 bridgehead atoms. The zero-order valence-electron chi connectivity index (χ0n) is 27.1. The summed E-state index contributed by atoms with van der Waals surface area (Å²) in [6.45, 7) is 5.18. The van der Waals surface area contributed by atoms with E-state index in [4.69, 9.17) is 36.1 Å². The van der Waals surface area contributed by atoms with Gasteiger partial charge < -0.3 is 34.7 Å². The Morgan fingerprint density at radius 1 is 1.21 bits per heavy atom. The van der Waals surface area contributed by atoms with Gasteiger partial charge in [0.05, 0.1) is 31.6 Å². The zero-order chi connectivity index (χ0) is 34.1. The van der Waals surface area contributed by atoms with Crippen LogP contribution in [0.2, 0.25) is 0 Å². The Morgan fingerprint density at radius 2 is 1.94 bits per heavy atom. The van der Waals surface area contributed by atoms with E-state index in [2.05, 4.69) is 25.4 Å². The molecule has 13 nitrogen and oxygen atoms in total. The minimum Gasteiger partial charge on any atom is -0.464 e. The predicted octanol–water partition coefficient (Wildman–Crippen LogP) is 4.72. The molecule has 4 aromatic rings. The van der Waals surface area contributed by atoms with E-state index >= 15 is 4.39 Å². The molecule has 0 amide bonds. The molecule has 2 aromatic heterocycles. The molecule has 7 atom stereocenters. The number of nitrogens with two attached hydrogens (primary N) is 1. The van der Waals surface area contributed by atoms with Crippen molar-refractivity contribution < 1.29 is 32.8 Å². The summed E-state index contributed by atoms with van der Waals surface area (Å²) in [7, 11) is 1.67. The molecule has 2 aromatic carbocycles. The van der Waals surface area contributed by atoms with Crippen LogP contribution >= 0.6 is 6.64 Å². The van der Waals surface area contributed by atoms with Crippen molar-refractivity contribution in [2.24, 2.45) is 11.3 Å². The number of anilines is 2. The van der Waals surface area contributed by atoms with E-state index in [1.807, 2.05) is 57.2 Å². The van der Waals surface area contributed by atoms with Gasteiger partial charge in [-0.3, -0.25) is 9.36 Å². The van der Waals surface area contributed by atoms with E-state index in [1.54, 1.807) is 20.0 Å². The van der Waals surface area contributed by atoms with E-state index in [1.165, 1.54) is 17.8 Å². The van der Waals surface area contributed by atoms with Crippen molar-refractivity contribution in [2.45, 2.75) is 65.3 Å². The third-order valence-electron chi connectivity index (χ3n) is 7.63. The van der Waals surface area contributed by atoms with E-state index in [0.29, 0.717) is 22.7 Å². The summed E-state index contributed by atoms with van der Waals surface area (Å²) < 4.78 is 41.0. The topological polar surface area (TPSA) is 168 Å². The third kappa shape index (κ3) is 7.82. The third-order valence-corrected chi connectivity index (χ3v) is 10.1. The van der Waals surface area contributed by atoms with Crippen molar-refractivity contribution in [3.63, 3.8) is 0 Å². The van der Waals surface area contributed by atoms with Gasteiger partial charge in [-0.05, 0) is 42.5 Å². The van der Waals surface area contributed by atoms with E-state index < -0.39 is 49.2 Å². The van der Waals surface area contributed by atoms with Crippen molar-refractivity contribution in [3.8, 4) is 5.75 Å². The van der Waals surface area contributed by atoms with Crippen molar-refractivity contribution in [2.75, 3.05) is 31.3 Å². The summed E-state index contributed by atoms with van der Waals surface area (Å²) in [5.74, 6) is -0.734. The maximum atomic E-state index is 15.1. The van der Waals surface area contributed by atoms with Crippen molar-refractivity contribution in [1.29, 1.82) is 0 Å². The molecular weight excluding hydrogens is 648 g/mol. The highest BCUT2D eigenvalue weighted by atomic mass is 32.5. The van der Waals surface area contributed by atoms with Crippen LogP contribution in [0.4, 0.5) is 16.2 Å². The number of nitrogen functional groups attached to an aromatic ring is 1. The average Bonchev–Trinajstić information content (AvgIpc) is 3.58. The molecule has 3 heterocycles. The van der Waals surface area contributed by atoms with Crippen LogP contribution in [0, 0.1) is 11.3 Å². The van der Waals surface area contributed by atoms with E-state index in [0.717, 1.165) is 10.8 Å². The van der Waals surface area contributed by atoms with Gasteiger partial charge in [0.15, 0.2) is 17.0 Å². The summed E-state index contributed by atoms with van der Waals surface area (Å²) in [5.41, 5.74) is 6.39. The zero-order valence-corrected chi connectivity index (χ0v) is 28.8. The Labute approximate surface area is 277 Å². The number of hydrogen-bond acceptors (Lipinski definition) is 12. The lowest BCUT2D eigenvalue weighted by Gasteiger charge is -2.29. The number of nitrogens with one attached hydrogen (secondary N) is 2. The molecule has 16 heteroatoms. The van der Waals surface area contributed by atoms with Crippen LogP contribution in [0.25, 0.3) is 21.9 Å². The fraction of sp³-hybridized carbons (Fsp3) is 0.484. The number of aliphatic hydroxyl groups excluding tert-OH is 1. The van der Waals surface area contributed by atoms with Crippen LogP contribution < -0.4 is 20.7 Å². The van der Waals surface area contributed by atoms with Gasteiger partial charge in [0.25, 0.3) is 0 Å². The number of halogens is 1. The van der Waals surface area contributed by atoms with Crippen LogP contribution in [0.15, 0.2) is 48.8 Å². The van der Waals surface area contributed by atoms with Gasteiger partial charge in [-0.25, -0.2) is 14.5 Å². The van der Waals surface area contributed by atoms with Crippen LogP contribution in [-0.2, 0) is 30.6 Å². The summed E-state index contributed by atoms with van der Waals surface area (Å²) in [4.78, 5) is 25.8. The van der Waals surface area contributed by atoms with Gasteiger partial charge in [-0.15, -0.1) is 0 Å². The van der Waals surface area contributed by atoms with Crippen LogP contribution in [0.3, 0.4) is 0 Å². The first kappa shape index (κ1) is 34.9. The molecule has 4 unspecified atom stereocenters. The van der Waals surface area contributed by atoms with Gasteiger partial charge in [0, 0.05) is 12.4 Å². The fourth-order valence-corrected chi connectivity index (χ4v) is 7.74. The predicted molar refractivity (Wildman–Crippen MR) is 181 cm³/mol. The number of carbonyl (C=O) groups excluding carboxylic acids is 1. The number of alkyl halides is 1. The Balaban J connectivity index is 1.41. The first-order valence-corrected chi connectivity index (χ1v) is 17.9. The number of nitrogens with zero attached hydrogens (tertiary/aromatic N) is 4. The lowest BCUT2D eigenvalue weighted by Crippen LogP contribution is -2.38. The number of rotatable bonds is 12. The summed E-state index contributed by atoms with van der Waals surface area (Å²) in [6, 6.07) is 12.2. The number of carbonyl (C=O) groups is 1. The largest absolute Gasteiger partial charge is 0.464 e. The van der Waals surface area contributed by atoms with Gasteiger partial charge >= 0.3 is 12.6 Å². The van der Waals surface area contributed by atoms with Gasteiger partial charge in [0.1, 0.15) is 30.3 Å². The Morgan fingerprint density at radius 3 is 2.64 bits per heavy atom. The number of ether oxygens (including phenoxy) is 2. The number of imidazole rings is 1. The quantitative estimate of drug-likeness (QED) is 0.119. The fourth-order valence-electron chi connectivity index (χ4n) is 5.32. The van der Waals surface area contributed by atoms with Crippen LogP contribution in [0.1, 0.15) is 40.8 Å². The number of hydrogen-bond donors (Lipinski definition) is 4. The molecule has 1 saturated heterocycles. The molecule has 1 aliphatic rings. The van der Waals surface area contributed by atoms with Gasteiger partial charge in [0.2, 0.25) is 5.95 Å². The SMILES string of the molecule is CNc1nc(N)nc2c1ncn2C1OC(COP(=S)(N[C@H](C)C(=O)OCC(C)(C)C)Oc2cccc3ccccc23)[C@@H](O)C1[C@@H](C)F. The minimum absolute atomic E-state index is 0.0145. The molecule has 0 aliphatic carbocycles. The van der Waals surface area contributed by atoms with Crippen molar-refractivity contribution in [1.82, 2.24) is 24.6 Å². The highest BCUT2D eigenvalue weighted by molar-refractivity contribution is 8.09. The average molecular weight is 690 g/mol. The smallest absolute Gasteiger partial charge is 0.323 e. The first-order chi connectivity index (χ1) is 22.2. The normalized spacial score (nSPS) is 22.6. The highest BCUT2D eigenvalue weighted by Crippen LogP contribution is 2.49. The van der Waals surface area contributed by atoms with E-state index in [-0.39, 0.29) is 24.6 Å². The summed E-state index contributed by atoms with van der Waals surface area (Å²) >= 11 is 5.95. The molecular formula is C31H41FN7O6PS. The standard InChI is InChI=1S/C31H41FN7O6PS/c1-17(32)23-25(40)22(44-28(23)39-16-35-24-26(34-6)36-30(33)37-27(24)39)14-43-46(47,38-18(2)29(41)42-15-31(3,4)5)45-21-13-9-11-19-10-7-8-12-20(19)21/h7-13,16-18,22-23,25,28,40H,14-15H2,1-6H3,(H,38,47)(H3,33,34,36,37)/t17-,18-,22?,23?,25-,28?,46?/m1/s1. The number of esters is 1. The summed E-state index contributed by atoms with van der Waals surface area (Å²) in [6.07, 6.45) is -3.41. The first-order valence-electron chi connectivity index (χ1n) is 15.2. The molecule has 0 saturated carbocycles. The Hall–Kier alpha value is -3.46. The second-order valence-electron chi connectivity index (χ2n) is 12.7. The Kier molecular flexibility index (Phi) is 10.3. The molecule has 47 heavy (non-hydrogen) atoms. The second kappa shape index (κ2) is 14.0. The lowest BCUT2D eigenvalue weighted by atomic mass is 9.95. The second-order valence-corrected chi connectivity index (χ2v) is 15.8. The molecule has 0 spiro atoms. The summed E-state index contributed by atoms with van der Waals surface area (Å²) in [5, 5.41) is 19.0. The maximum absolute atomic E-state index is 15.1. The molecule has 0 radical (unpaired) electrons. The van der Waals surface area contributed by atoms with Crippen molar-refractivity contribution >= 4 is 58.1 Å². The number of fused-ring (bicyclic) bond motifs is 2. The molecule has 254 valence electrons. The highest BCUT2D eigenvalue weighted by Gasteiger charge is 2.49. The van der Waals surface area contributed by atoms with Crippen molar-refractivity contribution in [3.05, 3.63) is 48.8 Å². The lowest BCUT2D eigenvalue weighted by molar-refractivity contribution is -0.148. The number of aromatic nitrogens is 4. The van der Waals surface area contributed by atoms with Gasteiger partial charge in [-0.1, -0.05) is 57.2 Å². The minimum atomic E-state index is -3.55. The molecule has 1 aliphatic heterocycles. The molecule has 5 N–H and O–H groups in total. The number of aliphatic hydroxyl groups is 1. The van der Waals surface area contributed by atoms with E-state index in [9.17, 15) is 9.90 Å². The number of benzene rings is 2. The maximum Gasteiger partial charge on any atom is 0.323 e. The van der Waals surface area contributed by atoms with Crippen LogP contribution in [-0.4, -0.2) is 75.3 Å². The van der Waals surface area contributed by atoms with Crippen LogP contribution in [0.5, 0.6) is 5.75 Å². The van der Waals surface area contributed by atoms with Gasteiger partial charge in [-0.2, -0.15) is 9.97 Å². The molecule has 5 rings (SSSR count). The monoisotopic (exact) mass is 689 g/mol. The molecule has 1 fully saturated rings. The Bertz CT molecular complexity index is 1780.